The van der Waals surface area contributed by atoms with Crippen LogP contribution < -0.4 is 0 Å². The second kappa shape index (κ2) is 6.81. The highest BCUT2D eigenvalue weighted by Crippen LogP contribution is 2.22. The molecule has 136 valence electrons. The quantitative estimate of drug-likeness (QED) is 0.819. The van der Waals surface area contributed by atoms with Gasteiger partial charge in [-0.2, -0.15) is 9.40 Å². The Balaban J connectivity index is 1.68. The molecular formula is C16H20F2N4O2S. The van der Waals surface area contributed by atoms with Crippen molar-refractivity contribution in [1.29, 1.82) is 0 Å². The first-order chi connectivity index (χ1) is 11.8. The Morgan fingerprint density at radius 2 is 1.84 bits per heavy atom. The topological polar surface area (TPSA) is 58.4 Å². The van der Waals surface area contributed by atoms with Gasteiger partial charge in [0.25, 0.3) is 0 Å². The predicted molar refractivity (Wildman–Crippen MR) is 88.3 cm³/mol. The van der Waals surface area contributed by atoms with Crippen LogP contribution in [0.2, 0.25) is 0 Å². The fourth-order valence-corrected chi connectivity index (χ4v) is 4.36. The smallest absolute Gasteiger partial charge is 0.246 e. The van der Waals surface area contributed by atoms with Crippen LogP contribution in [0.3, 0.4) is 0 Å². The molecule has 0 bridgehead atoms. The average Bonchev–Trinajstić information content (AvgIpc) is 2.87. The lowest BCUT2D eigenvalue weighted by Gasteiger charge is -2.33. The molecule has 1 aliphatic heterocycles. The molecule has 1 fully saturated rings. The molecule has 2 aromatic rings. The third kappa shape index (κ3) is 3.58. The first kappa shape index (κ1) is 18.0. The molecule has 6 nitrogen and oxygen atoms in total. The number of hydrogen-bond acceptors (Lipinski definition) is 4. The molecule has 1 aromatic heterocycles. The number of nitrogens with zero attached hydrogens (tertiary/aromatic N) is 4. The van der Waals surface area contributed by atoms with Gasteiger partial charge in [-0.1, -0.05) is 0 Å². The molecule has 9 heteroatoms. The standard InChI is InChI=1S/C16H20F2N4O2S/c1-12-13(10-19-20(12)2)11-21-5-7-22(8-6-21)25(23,24)16-4-3-14(17)9-15(16)18/h3-4,9-10H,5-8,11H2,1-2H3. The minimum absolute atomic E-state index is 0.262. The molecule has 0 unspecified atom stereocenters. The van der Waals surface area contributed by atoms with Crippen LogP contribution in [-0.2, 0) is 23.6 Å². The van der Waals surface area contributed by atoms with E-state index in [0.717, 1.165) is 23.4 Å². The Labute approximate surface area is 145 Å². The van der Waals surface area contributed by atoms with E-state index in [1.165, 1.54) is 4.31 Å². The highest BCUT2D eigenvalue weighted by Gasteiger charge is 2.31. The van der Waals surface area contributed by atoms with Crippen LogP contribution in [0.4, 0.5) is 8.78 Å². The monoisotopic (exact) mass is 370 g/mol. The van der Waals surface area contributed by atoms with E-state index in [1.807, 2.05) is 20.2 Å². The summed E-state index contributed by atoms with van der Waals surface area (Å²) in [6.07, 6.45) is 1.81. The summed E-state index contributed by atoms with van der Waals surface area (Å²) < 4.78 is 55.0. The van der Waals surface area contributed by atoms with E-state index >= 15 is 0 Å². The molecule has 1 saturated heterocycles. The fraction of sp³-hybridized carbons (Fsp3) is 0.438. The van der Waals surface area contributed by atoms with Crippen LogP contribution in [0.5, 0.6) is 0 Å². The van der Waals surface area contributed by atoms with Gasteiger partial charge >= 0.3 is 0 Å². The molecule has 0 aliphatic carbocycles. The molecule has 25 heavy (non-hydrogen) atoms. The predicted octanol–water partition coefficient (Wildman–Crippen LogP) is 1.51. The van der Waals surface area contributed by atoms with Gasteiger partial charge in [0.15, 0.2) is 0 Å². The number of aromatic nitrogens is 2. The van der Waals surface area contributed by atoms with Gasteiger partial charge in [0.2, 0.25) is 10.0 Å². The summed E-state index contributed by atoms with van der Waals surface area (Å²) in [5, 5.41) is 4.20. The molecule has 1 aliphatic rings. The van der Waals surface area contributed by atoms with Crippen molar-refractivity contribution in [2.24, 2.45) is 7.05 Å². The Hall–Kier alpha value is -1.84. The van der Waals surface area contributed by atoms with E-state index in [-0.39, 0.29) is 13.1 Å². The van der Waals surface area contributed by atoms with E-state index in [9.17, 15) is 17.2 Å². The molecule has 3 rings (SSSR count). The summed E-state index contributed by atoms with van der Waals surface area (Å²) in [6, 6.07) is 2.52. The van der Waals surface area contributed by atoms with Gasteiger partial charge < -0.3 is 0 Å². The second-order valence-electron chi connectivity index (χ2n) is 6.13. The highest BCUT2D eigenvalue weighted by atomic mass is 32.2. The SMILES string of the molecule is Cc1c(CN2CCN(S(=O)(=O)c3ccc(F)cc3F)CC2)cnn1C. The van der Waals surface area contributed by atoms with Crippen molar-refractivity contribution < 1.29 is 17.2 Å². The van der Waals surface area contributed by atoms with E-state index in [1.54, 1.807) is 4.68 Å². The molecule has 0 N–H and O–H groups in total. The van der Waals surface area contributed by atoms with Crippen LogP contribution in [0.25, 0.3) is 0 Å². The third-order valence-corrected chi connectivity index (χ3v) is 6.51. The van der Waals surface area contributed by atoms with Gasteiger partial charge in [0, 0.05) is 57.1 Å². The van der Waals surface area contributed by atoms with E-state index in [4.69, 9.17) is 0 Å². The minimum Gasteiger partial charge on any atom is -0.296 e. The number of rotatable bonds is 4. The first-order valence-corrected chi connectivity index (χ1v) is 9.38. The summed E-state index contributed by atoms with van der Waals surface area (Å²) in [6.45, 7) is 4.28. The maximum absolute atomic E-state index is 13.8. The lowest BCUT2D eigenvalue weighted by molar-refractivity contribution is 0.181. The lowest BCUT2D eigenvalue weighted by atomic mass is 10.2. The zero-order valence-corrected chi connectivity index (χ0v) is 14.9. The van der Waals surface area contributed by atoms with Crippen molar-refractivity contribution in [3.05, 3.63) is 47.3 Å². The van der Waals surface area contributed by atoms with Crippen LogP contribution in [0.1, 0.15) is 11.3 Å². The number of hydrogen-bond donors (Lipinski definition) is 0. The fourth-order valence-electron chi connectivity index (χ4n) is 2.89. The first-order valence-electron chi connectivity index (χ1n) is 7.94. The maximum Gasteiger partial charge on any atom is 0.246 e. The number of halogens is 2. The summed E-state index contributed by atoms with van der Waals surface area (Å²) in [4.78, 5) is 1.65. The molecule has 2 heterocycles. The van der Waals surface area contributed by atoms with Gasteiger partial charge in [-0.25, -0.2) is 17.2 Å². The normalized spacial score (nSPS) is 17.1. The van der Waals surface area contributed by atoms with Gasteiger partial charge in [-0.05, 0) is 19.1 Å². The molecule has 1 aromatic carbocycles. The molecular weight excluding hydrogens is 350 g/mol. The lowest BCUT2D eigenvalue weighted by Crippen LogP contribution is -2.48. The molecule has 0 amide bonds. The van der Waals surface area contributed by atoms with E-state index < -0.39 is 26.6 Å². The Bertz CT molecular complexity index is 874. The Kier molecular flexibility index (Phi) is 4.90. The van der Waals surface area contributed by atoms with Crippen molar-refractivity contribution in [1.82, 2.24) is 19.0 Å². The largest absolute Gasteiger partial charge is 0.296 e. The van der Waals surface area contributed by atoms with E-state index in [0.29, 0.717) is 25.7 Å². The van der Waals surface area contributed by atoms with Gasteiger partial charge in [-0.15, -0.1) is 0 Å². The number of benzene rings is 1. The number of aryl methyl sites for hydroxylation is 1. The van der Waals surface area contributed by atoms with Crippen LogP contribution in [0, 0.1) is 18.6 Å². The van der Waals surface area contributed by atoms with Gasteiger partial charge in [0.1, 0.15) is 16.5 Å². The summed E-state index contributed by atoms with van der Waals surface area (Å²) in [7, 11) is -2.09. The zero-order valence-electron chi connectivity index (χ0n) is 14.1. The molecule has 0 radical (unpaired) electrons. The summed E-state index contributed by atoms with van der Waals surface area (Å²) in [5.74, 6) is -1.86. The molecule has 0 spiro atoms. The Morgan fingerprint density at radius 3 is 2.40 bits per heavy atom. The van der Waals surface area contributed by atoms with E-state index in [2.05, 4.69) is 10.00 Å². The average molecular weight is 370 g/mol. The van der Waals surface area contributed by atoms with Crippen LogP contribution in [-0.4, -0.2) is 53.6 Å². The Morgan fingerprint density at radius 1 is 1.16 bits per heavy atom. The number of sulfonamides is 1. The van der Waals surface area contributed by atoms with Crippen molar-refractivity contribution in [3.63, 3.8) is 0 Å². The second-order valence-corrected chi connectivity index (χ2v) is 8.04. The maximum atomic E-state index is 13.8. The summed E-state index contributed by atoms with van der Waals surface area (Å²) in [5.41, 5.74) is 2.17. The zero-order chi connectivity index (χ0) is 18.2. The van der Waals surface area contributed by atoms with Gasteiger partial charge in [0.05, 0.1) is 6.20 Å². The molecule has 0 saturated carbocycles. The number of piperazine rings is 1. The minimum atomic E-state index is -3.96. The van der Waals surface area contributed by atoms with Crippen molar-refractivity contribution in [3.8, 4) is 0 Å². The van der Waals surface area contributed by atoms with Crippen molar-refractivity contribution in [2.75, 3.05) is 26.2 Å². The van der Waals surface area contributed by atoms with Crippen molar-refractivity contribution in [2.45, 2.75) is 18.4 Å². The highest BCUT2D eigenvalue weighted by molar-refractivity contribution is 7.89. The van der Waals surface area contributed by atoms with Crippen LogP contribution in [0.15, 0.2) is 29.3 Å². The summed E-state index contributed by atoms with van der Waals surface area (Å²) >= 11 is 0. The molecule has 0 atom stereocenters. The van der Waals surface area contributed by atoms with Crippen LogP contribution >= 0.6 is 0 Å². The third-order valence-electron chi connectivity index (χ3n) is 4.57. The van der Waals surface area contributed by atoms with Crippen molar-refractivity contribution >= 4 is 10.0 Å². The van der Waals surface area contributed by atoms with Gasteiger partial charge in [-0.3, -0.25) is 9.58 Å².